The summed E-state index contributed by atoms with van der Waals surface area (Å²) in [7, 11) is 4.88. The third-order valence-corrected chi connectivity index (χ3v) is 6.22. The molecular weight excluding hydrogens is 208 g/mol. The molecule has 0 aromatic rings. The Morgan fingerprint density at radius 2 is 1.69 bits per heavy atom. The second-order valence-electron chi connectivity index (χ2n) is 2.44. The summed E-state index contributed by atoms with van der Waals surface area (Å²) in [6.07, 6.45) is 2.29. The van der Waals surface area contributed by atoms with E-state index in [4.69, 9.17) is 14.7 Å². The van der Waals surface area contributed by atoms with Gasteiger partial charge in [-0.3, -0.25) is 0 Å². The molecule has 0 saturated carbocycles. The molecular formula is C8H18O4Ti. The maximum atomic E-state index is 5.28. The summed E-state index contributed by atoms with van der Waals surface area (Å²) in [5.41, 5.74) is 0. The van der Waals surface area contributed by atoms with Crippen LogP contribution < -0.4 is 0 Å². The van der Waals surface area contributed by atoms with Gasteiger partial charge in [-0.15, -0.1) is 0 Å². The predicted octanol–water partition coefficient (Wildman–Crippen LogP) is 1.79. The van der Waals surface area contributed by atoms with E-state index in [-0.39, 0.29) is 0 Å². The van der Waals surface area contributed by atoms with Crippen molar-refractivity contribution in [3.63, 3.8) is 0 Å². The Bertz CT molecular complexity index is 128. The van der Waals surface area contributed by atoms with Crippen molar-refractivity contribution in [1.82, 2.24) is 0 Å². The fourth-order valence-electron chi connectivity index (χ4n) is 1.01. The minimum absolute atomic E-state index is 0.632. The molecule has 78 valence electrons. The van der Waals surface area contributed by atoms with E-state index in [1.807, 2.05) is 0 Å². The van der Waals surface area contributed by atoms with Gasteiger partial charge in [-0.25, -0.2) is 0 Å². The molecule has 0 spiro atoms. The van der Waals surface area contributed by atoms with Crippen molar-refractivity contribution in [2.24, 2.45) is 0 Å². The van der Waals surface area contributed by atoms with Crippen LogP contribution in [-0.4, -0.2) is 27.9 Å². The molecule has 0 radical (unpaired) electrons. The van der Waals surface area contributed by atoms with Crippen LogP contribution in [0.4, 0.5) is 0 Å². The van der Waals surface area contributed by atoms with Gasteiger partial charge in [0.2, 0.25) is 0 Å². The third kappa shape index (κ3) is 4.79. The van der Waals surface area contributed by atoms with Gasteiger partial charge in [0.1, 0.15) is 0 Å². The zero-order chi connectivity index (χ0) is 10.2. The average Bonchev–Trinajstić information content (AvgIpc) is 2.20. The van der Waals surface area contributed by atoms with E-state index < -0.39 is 17.8 Å². The Morgan fingerprint density at radius 3 is 2.08 bits per heavy atom. The zero-order valence-electron chi connectivity index (χ0n) is 8.54. The van der Waals surface area contributed by atoms with Crippen LogP contribution in [0, 0.1) is 0 Å². The Kier molecular flexibility index (Phi) is 7.61. The predicted molar refractivity (Wildman–Crippen MR) is 46.6 cm³/mol. The summed E-state index contributed by atoms with van der Waals surface area (Å²) in [6.45, 7) is 4.09. The normalized spacial score (nSPS) is 11.3. The van der Waals surface area contributed by atoms with Gasteiger partial charge >= 0.3 is 84.4 Å². The molecule has 0 aromatic carbocycles. The third-order valence-electron chi connectivity index (χ3n) is 1.80. The summed E-state index contributed by atoms with van der Waals surface area (Å²) >= 11 is -2.89. The molecule has 0 N–H and O–H groups in total. The molecule has 0 aliphatic carbocycles. The summed E-state index contributed by atoms with van der Waals surface area (Å²) in [4.78, 5) is 0. The van der Waals surface area contributed by atoms with Crippen LogP contribution in [0.5, 0.6) is 0 Å². The van der Waals surface area contributed by atoms with Crippen molar-refractivity contribution in [3.8, 4) is 0 Å². The van der Waals surface area contributed by atoms with Crippen LogP contribution in [0.25, 0.3) is 0 Å². The summed E-state index contributed by atoms with van der Waals surface area (Å²) in [5.74, 6) is 0. The van der Waals surface area contributed by atoms with Gasteiger partial charge in [-0.1, -0.05) is 0 Å². The fraction of sp³-hybridized carbons (Fsp3) is 0.750. The van der Waals surface area contributed by atoms with E-state index in [1.54, 1.807) is 21.3 Å². The van der Waals surface area contributed by atoms with Crippen molar-refractivity contribution in [2.75, 3.05) is 27.9 Å². The van der Waals surface area contributed by atoms with E-state index in [1.165, 1.54) is 6.26 Å². The zero-order valence-corrected chi connectivity index (χ0v) is 10.1. The number of ether oxygens (including phenoxy) is 1. The molecule has 0 saturated heterocycles. The first-order valence-electron chi connectivity index (χ1n) is 4.12. The summed E-state index contributed by atoms with van der Waals surface area (Å²) in [6, 6.07) is 0. The van der Waals surface area contributed by atoms with Crippen molar-refractivity contribution in [2.45, 2.75) is 11.1 Å². The van der Waals surface area contributed by atoms with E-state index >= 15 is 0 Å². The second kappa shape index (κ2) is 7.53. The first-order chi connectivity index (χ1) is 6.24. The number of hydrogen-bond acceptors (Lipinski definition) is 4. The Hall–Kier alpha value is 0.134. The van der Waals surface area contributed by atoms with E-state index in [2.05, 4.69) is 6.58 Å². The van der Waals surface area contributed by atoms with Crippen LogP contribution in [-0.2, 0) is 32.4 Å². The van der Waals surface area contributed by atoms with Gasteiger partial charge in [0.25, 0.3) is 0 Å². The Labute approximate surface area is 84.6 Å². The summed E-state index contributed by atoms with van der Waals surface area (Å²) < 4.78 is 21.6. The average molecular weight is 226 g/mol. The molecule has 0 fully saturated rings. The molecule has 5 heteroatoms. The standard InChI is InChI=1S/C5H9O.3CH3O.Ti/c1-3-5-6-4-2;3*1-2;/h4H,1-3,5H2;3*1H3;/q;3*-1;+3. The van der Waals surface area contributed by atoms with Gasteiger partial charge in [0, 0.05) is 0 Å². The SMILES string of the molecule is C=COCC[CH2][Ti]([O]C)([O]C)[O]C. The van der Waals surface area contributed by atoms with Gasteiger partial charge in [-0.05, 0) is 0 Å². The van der Waals surface area contributed by atoms with Crippen molar-refractivity contribution < 1.29 is 32.4 Å². The molecule has 0 aliphatic rings. The first-order valence-corrected chi connectivity index (χ1v) is 7.14. The molecule has 0 rings (SSSR count). The van der Waals surface area contributed by atoms with E-state index in [9.17, 15) is 0 Å². The van der Waals surface area contributed by atoms with Gasteiger partial charge < -0.3 is 0 Å². The maximum absolute atomic E-state index is 5.28. The monoisotopic (exact) mass is 226 g/mol. The van der Waals surface area contributed by atoms with Crippen molar-refractivity contribution in [3.05, 3.63) is 12.8 Å². The Balaban J connectivity index is 3.74. The van der Waals surface area contributed by atoms with Gasteiger partial charge in [-0.2, -0.15) is 0 Å². The topological polar surface area (TPSA) is 36.9 Å². The molecule has 4 nitrogen and oxygen atoms in total. The molecule has 0 aromatic heterocycles. The fourth-order valence-corrected chi connectivity index (χ4v) is 3.65. The minimum atomic E-state index is -2.89. The van der Waals surface area contributed by atoms with Gasteiger partial charge in [0.15, 0.2) is 0 Å². The second-order valence-corrected chi connectivity index (χ2v) is 7.26. The molecule has 0 amide bonds. The van der Waals surface area contributed by atoms with Crippen LogP contribution in [0.3, 0.4) is 0 Å². The first kappa shape index (κ1) is 13.1. The van der Waals surface area contributed by atoms with Crippen LogP contribution in [0.2, 0.25) is 4.73 Å². The summed E-state index contributed by atoms with van der Waals surface area (Å²) in [5, 5.41) is 0. The quantitative estimate of drug-likeness (QED) is 0.359. The molecule has 0 aliphatic heterocycles. The number of hydrogen-bond donors (Lipinski definition) is 0. The van der Waals surface area contributed by atoms with Crippen LogP contribution >= 0.6 is 0 Å². The Morgan fingerprint density at radius 1 is 1.15 bits per heavy atom. The van der Waals surface area contributed by atoms with E-state index in [0.29, 0.717) is 6.61 Å². The van der Waals surface area contributed by atoms with E-state index in [0.717, 1.165) is 11.1 Å². The molecule has 0 atom stereocenters. The molecule has 0 bridgehead atoms. The molecule has 0 unspecified atom stereocenters. The molecule has 0 heterocycles. The van der Waals surface area contributed by atoms with Crippen LogP contribution in [0.15, 0.2) is 12.8 Å². The van der Waals surface area contributed by atoms with Crippen LogP contribution in [0.1, 0.15) is 6.42 Å². The molecule has 13 heavy (non-hydrogen) atoms. The number of rotatable bonds is 8. The van der Waals surface area contributed by atoms with Crippen molar-refractivity contribution in [1.29, 1.82) is 0 Å². The van der Waals surface area contributed by atoms with Gasteiger partial charge in [0.05, 0.1) is 0 Å². The van der Waals surface area contributed by atoms with Crippen molar-refractivity contribution >= 4 is 0 Å².